The molecule has 4 nitrogen and oxygen atoms in total. The average molecular weight is 492 g/mol. The predicted molar refractivity (Wildman–Crippen MR) is 54.1 cm³/mol. The van der Waals surface area contributed by atoms with Crippen LogP contribution in [-0.2, 0) is 86.2 Å². The van der Waals surface area contributed by atoms with Crippen molar-refractivity contribution in [1.29, 1.82) is 0 Å². The molecule has 0 atom stereocenters. The minimum absolute atomic E-state index is 0. The molecule has 11 heteroatoms. The second-order valence-corrected chi connectivity index (χ2v) is 0. The fraction of sp³-hybridized carbons (Fsp3) is 0. The van der Waals surface area contributed by atoms with Gasteiger partial charge in [0.2, 0.25) is 0 Å². The summed E-state index contributed by atoms with van der Waals surface area (Å²) in [4.78, 5) is 0. The third kappa shape index (κ3) is 155. The predicted octanol–water partition coefficient (Wildman–Crippen LogP) is -3.72. The van der Waals surface area contributed by atoms with Gasteiger partial charge in [-0.05, 0) is 32.9 Å². The summed E-state index contributed by atoms with van der Waals surface area (Å²) < 4.78 is 0. The van der Waals surface area contributed by atoms with Crippen LogP contribution >= 0.6 is 0 Å². The second-order valence-electron chi connectivity index (χ2n) is 0. The fourth-order valence-corrected chi connectivity index (χ4v) is 0. The molecule has 0 aromatic rings. The zero-order chi connectivity index (χ0) is 0. The first-order chi connectivity index (χ1) is 0. The van der Waals surface area contributed by atoms with Crippen molar-refractivity contribution in [1.82, 2.24) is 24.6 Å². The average Bonchev–Trinajstić information content (AvgIpc) is 0. The molecule has 0 rings (SSSR count). The Labute approximate surface area is 142 Å². The van der Waals surface area contributed by atoms with E-state index in [0.29, 0.717) is 0 Å². The maximum Gasteiger partial charge on any atom is 0 e. The molecule has 12 N–H and O–H groups in total. The molecule has 0 unspecified atom stereocenters. The standard InChI is InChI=1S/4H3N.3H4Si.3Ti.W/h4*1H3;3*1H4;;;;. The van der Waals surface area contributed by atoms with E-state index < -0.39 is 0 Å². The van der Waals surface area contributed by atoms with Crippen LogP contribution in [0.15, 0.2) is 0 Å². The van der Waals surface area contributed by atoms with E-state index in [1.54, 1.807) is 0 Å². The van der Waals surface area contributed by atoms with Crippen molar-refractivity contribution in [3.63, 3.8) is 0 Å². The Morgan fingerprint density at radius 1 is 0.364 bits per heavy atom. The Kier molecular flexibility index (Phi) is 3840. The van der Waals surface area contributed by atoms with Gasteiger partial charge in [-0.25, -0.2) is 0 Å². The molecule has 0 saturated heterocycles. The van der Waals surface area contributed by atoms with Crippen LogP contribution in [0.3, 0.4) is 0 Å². The van der Waals surface area contributed by atoms with E-state index in [0.717, 1.165) is 0 Å². The van der Waals surface area contributed by atoms with Crippen LogP contribution in [0.1, 0.15) is 0 Å². The van der Waals surface area contributed by atoms with Gasteiger partial charge < -0.3 is 24.6 Å². The van der Waals surface area contributed by atoms with Gasteiger partial charge in [0, 0.05) is 86.2 Å². The third-order valence-corrected chi connectivity index (χ3v) is 0. The fourth-order valence-electron chi connectivity index (χ4n) is 0. The third-order valence-electron chi connectivity index (χ3n) is 0. The number of rotatable bonds is 0. The van der Waals surface area contributed by atoms with Crippen LogP contribution in [0, 0.1) is 0 Å². The summed E-state index contributed by atoms with van der Waals surface area (Å²) in [6.45, 7) is 0. The minimum atomic E-state index is 0. The van der Waals surface area contributed by atoms with E-state index in [2.05, 4.69) is 0 Å². The molecule has 11 heavy (non-hydrogen) atoms. The van der Waals surface area contributed by atoms with Crippen LogP contribution in [0.4, 0.5) is 0 Å². The summed E-state index contributed by atoms with van der Waals surface area (Å²) in [6, 6.07) is 0. The summed E-state index contributed by atoms with van der Waals surface area (Å²) in [5, 5.41) is 0. The Balaban J connectivity index is 0. The van der Waals surface area contributed by atoms with Gasteiger partial charge in [0.25, 0.3) is 0 Å². The van der Waals surface area contributed by atoms with Gasteiger partial charge in [-0.15, -0.1) is 0 Å². The van der Waals surface area contributed by atoms with Gasteiger partial charge in [0.15, 0.2) is 0 Å². The quantitative estimate of drug-likeness (QED) is 0.259. The van der Waals surface area contributed by atoms with E-state index in [9.17, 15) is 0 Å². The number of hydrogen-bond acceptors (Lipinski definition) is 4. The minimum Gasteiger partial charge on any atom is -0.344 e. The van der Waals surface area contributed by atoms with Gasteiger partial charge in [-0.1, -0.05) is 0 Å². The molecule has 0 bridgehead atoms. The molecule has 0 fully saturated rings. The van der Waals surface area contributed by atoms with E-state index in [1.807, 2.05) is 0 Å². The van der Waals surface area contributed by atoms with Crippen LogP contribution in [0.2, 0.25) is 0 Å². The smallest absolute Gasteiger partial charge is 0 e. The Hall–Kier alpha value is 3.32. The molecular formula is H24N4Si3Ti3W. The maximum absolute atomic E-state index is 0. The molecule has 0 aliphatic carbocycles. The molecule has 0 aliphatic heterocycles. The van der Waals surface area contributed by atoms with Gasteiger partial charge in [0.05, 0.1) is 0 Å². The summed E-state index contributed by atoms with van der Waals surface area (Å²) in [5.74, 6) is 0. The molecule has 0 saturated carbocycles. The van der Waals surface area contributed by atoms with E-state index >= 15 is 0 Å². The first-order valence-electron chi connectivity index (χ1n) is 0. The Bertz CT molecular complexity index is 20.5. The Morgan fingerprint density at radius 3 is 0.364 bits per heavy atom. The largest absolute Gasteiger partial charge is 0.344 e. The van der Waals surface area contributed by atoms with Crippen LogP contribution < -0.4 is 24.6 Å². The van der Waals surface area contributed by atoms with Crippen LogP contribution in [0.5, 0.6) is 0 Å². The maximum atomic E-state index is 0. The van der Waals surface area contributed by atoms with Crippen LogP contribution in [-0.4, -0.2) is 32.9 Å². The molecule has 0 aromatic carbocycles. The van der Waals surface area contributed by atoms with Gasteiger partial charge in [0.1, 0.15) is 0 Å². The van der Waals surface area contributed by atoms with E-state index in [4.69, 9.17) is 0 Å². The molecule has 0 spiro atoms. The van der Waals surface area contributed by atoms with Crippen LogP contribution in [0.25, 0.3) is 0 Å². The van der Waals surface area contributed by atoms with Crippen molar-refractivity contribution in [2.45, 2.75) is 0 Å². The zero-order valence-corrected chi connectivity index (χ0v) is 12.4. The first-order valence-corrected chi connectivity index (χ1v) is 0. The van der Waals surface area contributed by atoms with Crippen molar-refractivity contribution in [3.8, 4) is 0 Å². The van der Waals surface area contributed by atoms with Crippen molar-refractivity contribution in [2.75, 3.05) is 0 Å². The monoisotopic (exact) mass is 492 g/mol. The molecule has 0 heterocycles. The van der Waals surface area contributed by atoms with E-state index in [1.165, 1.54) is 0 Å². The Morgan fingerprint density at radius 2 is 0.364 bits per heavy atom. The molecule has 0 radical (unpaired) electrons. The van der Waals surface area contributed by atoms with Crippen molar-refractivity contribution in [2.24, 2.45) is 0 Å². The van der Waals surface area contributed by atoms with E-state index in [-0.39, 0.29) is 144 Å². The summed E-state index contributed by atoms with van der Waals surface area (Å²) in [5.41, 5.74) is 0. The van der Waals surface area contributed by atoms with Gasteiger partial charge in [-0.3, -0.25) is 0 Å². The first kappa shape index (κ1) is 230. The van der Waals surface area contributed by atoms with Crippen molar-refractivity contribution in [3.05, 3.63) is 0 Å². The summed E-state index contributed by atoms with van der Waals surface area (Å²) >= 11 is 0. The summed E-state index contributed by atoms with van der Waals surface area (Å²) in [6.07, 6.45) is 0. The van der Waals surface area contributed by atoms with Gasteiger partial charge in [-0.2, -0.15) is 0 Å². The molecule has 0 aromatic heterocycles. The van der Waals surface area contributed by atoms with Crippen molar-refractivity contribution < 1.29 is 86.2 Å². The molecular weight excluding hydrogens is 468 g/mol. The summed E-state index contributed by atoms with van der Waals surface area (Å²) in [7, 11) is 0. The molecule has 0 amide bonds. The number of hydrogen-bond donors (Lipinski definition) is 4. The topological polar surface area (TPSA) is 140 Å². The van der Waals surface area contributed by atoms with Crippen molar-refractivity contribution >= 4 is 32.9 Å². The molecule has 74 valence electrons. The SMILES string of the molecule is N.N.N.N.[SiH4].[SiH4].[SiH4].[Ti].[Ti].[Ti].[W]. The second kappa shape index (κ2) is 183. The van der Waals surface area contributed by atoms with Gasteiger partial charge >= 0.3 is 0 Å². The zero-order valence-electron chi connectivity index (χ0n) is 4.74. The normalized spacial score (nSPS) is 0. The molecule has 0 aliphatic rings.